The second-order valence-corrected chi connectivity index (χ2v) is 6.45. The predicted molar refractivity (Wildman–Crippen MR) is 106 cm³/mol. The molecule has 2 nitrogen and oxygen atoms in total. The second kappa shape index (κ2) is 7.54. The number of aryl methyl sites for hydroxylation is 3. The lowest BCUT2D eigenvalue weighted by Gasteiger charge is -2.26. The highest BCUT2D eigenvalue weighted by atomic mass is 16.3. The van der Waals surface area contributed by atoms with Crippen molar-refractivity contribution < 1.29 is 5.11 Å². The zero-order chi connectivity index (χ0) is 17.8. The van der Waals surface area contributed by atoms with Crippen LogP contribution in [0, 0.1) is 13.8 Å². The minimum atomic E-state index is 0.0646. The molecular formula is C23H25NO. The molecule has 0 bridgehead atoms. The lowest BCUT2D eigenvalue weighted by molar-refractivity contribution is 0.282. The van der Waals surface area contributed by atoms with Gasteiger partial charge in [-0.15, -0.1) is 0 Å². The van der Waals surface area contributed by atoms with Crippen LogP contribution in [0.2, 0.25) is 0 Å². The third-order valence-corrected chi connectivity index (χ3v) is 4.73. The first-order chi connectivity index (χ1) is 12.1. The zero-order valence-electron chi connectivity index (χ0n) is 15.2. The van der Waals surface area contributed by atoms with Crippen LogP contribution in [0.3, 0.4) is 0 Å². The normalized spacial score (nSPS) is 10.7. The summed E-state index contributed by atoms with van der Waals surface area (Å²) in [6, 6.07) is 23.4. The van der Waals surface area contributed by atoms with Gasteiger partial charge in [-0.25, -0.2) is 0 Å². The van der Waals surface area contributed by atoms with Crippen molar-refractivity contribution in [3.05, 3.63) is 89.0 Å². The van der Waals surface area contributed by atoms with Crippen molar-refractivity contribution in [2.24, 2.45) is 0 Å². The van der Waals surface area contributed by atoms with Crippen LogP contribution in [0.25, 0.3) is 0 Å². The van der Waals surface area contributed by atoms with Crippen LogP contribution in [-0.4, -0.2) is 5.11 Å². The first kappa shape index (κ1) is 17.2. The summed E-state index contributed by atoms with van der Waals surface area (Å²) < 4.78 is 0. The van der Waals surface area contributed by atoms with Crippen molar-refractivity contribution in [2.75, 3.05) is 4.90 Å². The van der Waals surface area contributed by atoms with E-state index < -0.39 is 0 Å². The summed E-state index contributed by atoms with van der Waals surface area (Å²) in [4.78, 5) is 2.26. The van der Waals surface area contributed by atoms with E-state index in [1.807, 2.05) is 12.1 Å². The Morgan fingerprint density at radius 1 is 0.680 bits per heavy atom. The van der Waals surface area contributed by atoms with Crippen LogP contribution in [-0.2, 0) is 13.0 Å². The average molecular weight is 331 g/mol. The molecule has 0 aromatic heterocycles. The highest BCUT2D eigenvalue weighted by Gasteiger charge is 2.13. The van der Waals surface area contributed by atoms with Crippen molar-refractivity contribution in [3.63, 3.8) is 0 Å². The van der Waals surface area contributed by atoms with Gasteiger partial charge < -0.3 is 10.0 Å². The molecule has 0 saturated carbocycles. The van der Waals surface area contributed by atoms with Gasteiger partial charge in [0.05, 0.1) is 6.61 Å². The van der Waals surface area contributed by atoms with E-state index >= 15 is 0 Å². The average Bonchev–Trinajstić information content (AvgIpc) is 2.66. The van der Waals surface area contributed by atoms with Gasteiger partial charge in [-0.2, -0.15) is 0 Å². The fraction of sp³-hybridized carbons (Fsp3) is 0.217. The summed E-state index contributed by atoms with van der Waals surface area (Å²) in [5.74, 6) is 0. The molecule has 1 N–H and O–H groups in total. The number of aliphatic hydroxyl groups is 1. The maximum atomic E-state index is 9.31. The van der Waals surface area contributed by atoms with Gasteiger partial charge in [0.15, 0.2) is 0 Å². The molecule has 0 aliphatic heterocycles. The van der Waals surface area contributed by atoms with Gasteiger partial charge in [0.1, 0.15) is 0 Å². The van der Waals surface area contributed by atoms with Gasteiger partial charge in [-0.3, -0.25) is 0 Å². The number of hydrogen-bond acceptors (Lipinski definition) is 2. The third-order valence-electron chi connectivity index (χ3n) is 4.73. The Bertz CT molecular complexity index is 787. The van der Waals surface area contributed by atoms with E-state index in [9.17, 15) is 5.11 Å². The quantitative estimate of drug-likeness (QED) is 0.636. The van der Waals surface area contributed by atoms with Crippen molar-refractivity contribution in [2.45, 2.75) is 33.8 Å². The smallest absolute Gasteiger partial charge is 0.0681 e. The summed E-state index contributed by atoms with van der Waals surface area (Å²) in [5, 5.41) is 9.31. The van der Waals surface area contributed by atoms with Gasteiger partial charge in [-0.05, 0) is 78.9 Å². The maximum Gasteiger partial charge on any atom is 0.0681 e. The summed E-state index contributed by atoms with van der Waals surface area (Å²) in [6.45, 7) is 6.51. The molecule has 0 radical (unpaired) electrons. The monoisotopic (exact) mass is 331 g/mol. The van der Waals surface area contributed by atoms with Crippen molar-refractivity contribution >= 4 is 17.1 Å². The molecule has 0 aliphatic carbocycles. The Labute approximate surface area is 150 Å². The van der Waals surface area contributed by atoms with Gasteiger partial charge in [0.25, 0.3) is 0 Å². The molecule has 3 rings (SSSR count). The lowest BCUT2D eigenvalue weighted by atomic mass is 10.1. The van der Waals surface area contributed by atoms with Gasteiger partial charge >= 0.3 is 0 Å². The largest absolute Gasteiger partial charge is 0.392 e. The Balaban J connectivity index is 2.10. The fourth-order valence-electron chi connectivity index (χ4n) is 2.94. The minimum Gasteiger partial charge on any atom is -0.392 e. The standard InChI is InChI=1S/C23H25NO/c1-4-19-6-11-21(12-7-19)24(22-13-8-20(16-25)9-14-22)23-10-5-17(2)18(3)15-23/h5-15,25H,4,16H2,1-3H3. The SMILES string of the molecule is CCc1ccc(N(c2ccc(CO)cc2)c2ccc(C)c(C)c2)cc1. The number of anilines is 3. The zero-order valence-corrected chi connectivity index (χ0v) is 15.2. The molecule has 0 atom stereocenters. The maximum absolute atomic E-state index is 9.31. The van der Waals surface area contributed by atoms with Crippen molar-refractivity contribution in [1.29, 1.82) is 0 Å². The molecule has 3 aromatic carbocycles. The highest BCUT2D eigenvalue weighted by Crippen LogP contribution is 2.35. The van der Waals surface area contributed by atoms with Gasteiger partial charge in [0, 0.05) is 17.1 Å². The van der Waals surface area contributed by atoms with E-state index in [0.29, 0.717) is 0 Å². The van der Waals surface area contributed by atoms with Crippen molar-refractivity contribution in [3.8, 4) is 0 Å². The van der Waals surface area contributed by atoms with E-state index in [4.69, 9.17) is 0 Å². The van der Waals surface area contributed by atoms with Crippen LogP contribution in [0.4, 0.5) is 17.1 Å². The first-order valence-electron chi connectivity index (χ1n) is 8.78. The lowest BCUT2D eigenvalue weighted by Crippen LogP contribution is -2.10. The molecule has 0 saturated heterocycles. The second-order valence-electron chi connectivity index (χ2n) is 6.45. The van der Waals surface area contributed by atoms with E-state index in [1.165, 1.54) is 16.7 Å². The van der Waals surface area contributed by atoms with Crippen LogP contribution in [0.1, 0.15) is 29.2 Å². The molecule has 0 spiro atoms. The predicted octanol–water partition coefficient (Wildman–Crippen LogP) is 5.83. The molecule has 0 fully saturated rings. The number of rotatable bonds is 5. The number of aliphatic hydroxyl groups excluding tert-OH is 1. The van der Waals surface area contributed by atoms with E-state index in [0.717, 1.165) is 29.0 Å². The Hall–Kier alpha value is -2.58. The molecule has 3 aromatic rings. The third kappa shape index (κ3) is 3.75. The topological polar surface area (TPSA) is 23.5 Å². The van der Waals surface area contributed by atoms with E-state index in [2.05, 4.69) is 80.3 Å². The van der Waals surface area contributed by atoms with Crippen LogP contribution < -0.4 is 4.90 Å². The Morgan fingerprint density at radius 2 is 1.20 bits per heavy atom. The number of hydrogen-bond donors (Lipinski definition) is 1. The minimum absolute atomic E-state index is 0.0646. The molecule has 25 heavy (non-hydrogen) atoms. The molecule has 2 heteroatoms. The van der Waals surface area contributed by atoms with Gasteiger partial charge in [-0.1, -0.05) is 37.3 Å². The van der Waals surface area contributed by atoms with Crippen LogP contribution in [0.15, 0.2) is 66.7 Å². The van der Waals surface area contributed by atoms with Crippen LogP contribution in [0.5, 0.6) is 0 Å². The molecule has 0 unspecified atom stereocenters. The number of nitrogens with zero attached hydrogens (tertiary/aromatic N) is 1. The fourth-order valence-corrected chi connectivity index (χ4v) is 2.94. The Kier molecular flexibility index (Phi) is 5.20. The highest BCUT2D eigenvalue weighted by molar-refractivity contribution is 5.77. The molecule has 0 amide bonds. The molecular weight excluding hydrogens is 306 g/mol. The summed E-state index contributed by atoms with van der Waals surface area (Å²) in [5.41, 5.74) is 8.19. The van der Waals surface area contributed by atoms with E-state index in [-0.39, 0.29) is 6.61 Å². The summed E-state index contributed by atoms with van der Waals surface area (Å²) in [6.07, 6.45) is 1.04. The van der Waals surface area contributed by atoms with Crippen LogP contribution >= 0.6 is 0 Å². The molecule has 0 aliphatic rings. The summed E-state index contributed by atoms with van der Waals surface area (Å²) >= 11 is 0. The molecule has 128 valence electrons. The number of benzene rings is 3. The summed E-state index contributed by atoms with van der Waals surface area (Å²) in [7, 11) is 0. The van der Waals surface area contributed by atoms with E-state index in [1.54, 1.807) is 0 Å². The molecule has 0 heterocycles. The Morgan fingerprint density at radius 3 is 1.68 bits per heavy atom. The van der Waals surface area contributed by atoms with Gasteiger partial charge in [0.2, 0.25) is 0 Å². The van der Waals surface area contributed by atoms with Crippen molar-refractivity contribution in [1.82, 2.24) is 0 Å². The first-order valence-corrected chi connectivity index (χ1v) is 8.78.